The van der Waals surface area contributed by atoms with E-state index in [1.54, 1.807) is 31.4 Å². The predicted octanol–water partition coefficient (Wildman–Crippen LogP) is 3.20. The molecule has 2 aromatic rings. The summed E-state index contributed by atoms with van der Waals surface area (Å²) in [5, 5.41) is 2.85. The molecule has 0 aromatic heterocycles. The lowest BCUT2D eigenvalue weighted by atomic mass is 10.1. The van der Waals surface area contributed by atoms with Crippen molar-refractivity contribution in [3.8, 4) is 0 Å². The first-order chi connectivity index (χ1) is 15.4. The van der Waals surface area contributed by atoms with Crippen LogP contribution in [0.4, 0.5) is 11.4 Å². The molecule has 0 aliphatic carbocycles. The zero-order valence-corrected chi connectivity index (χ0v) is 19.2. The van der Waals surface area contributed by atoms with E-state index >= 15 is 0 Å². The highest BCUT2D eigenvalue weighted by atomic mass is 32.2. The number of anilines is 2. The molecule has 0 radical (unpaired) electrons. The Bertz CT molecular complexity index is 1160. The van der Waals surface area contributed by atoms with Crippen LogP contribution in [0.3, 0.4) is 0 Å². The summed E-state index contributed by atoms with van der Waals surface area (Å²) in [6, 6.07) is 14.6. The van der Waals surface area contributed by atoms with E-state index in [0.717, 1.165) is 17.3 Å². The third-order valence-corrected chi connectivity index (χ3v) is 6.69. The fourth-order valence-corrected chi connectivity index (χ4v) is 5.01. The fraction of sp³-hybridized carbons (Fsp3) is 0.217. The minimum atomic E-state index is -0.390. The largest absolute Gasteiger partial charge is 0.383 e. The highest BCUT2D eigenvalue weighted by molar-refractivity contribution is 8.26. The van der Waals surface area contributed by atoms with Crippen molar-refractivity contribution in [3.05, 3.63) is 64.6 Å². The number of benzene rings is 2. The van der Waals surface area contributed by atoms with Gasteiger partial charge in [0.15, 0.2) is 0 Å². The van der Waals surface area contributed by atoms with Crippen molar-refractivity contribution in [2.75, 3.05) is 37.0 Å². The highest BCUT2D eigenvalue weighted by Gasteiger charge is 2.42. The number of amides is 3. The van der Waals surface area contributed by atoms with Gasteiger partial charge < -0.3 is 10.1 Å². The average molecular weight is 468 g/mol. The summed E-state index contributed by atoms with van der Waals surface area (Å²) >= 11 is 6.46. The van der Waals surface area contributed by atoms with E-state index in [9.17, 15) is 14.4 Å². The van der Waals surface area contributed by atoms with Gasteiger partial charge in [0.2, 0.25) is 5.91 Å². The molecule has 0 saturated carbocycles. The van der Waals surface area contributed by atoms with Crippen LogP contribution in [0.2, 0.25) is 0 Å². The van der Waals surface area contributed by atoms with Crippen LogP contribution in [0.1, 0.15) is 11.1 Å². The quantitative estimate of drug-likeness (QED) is 0.519. The smallest absolute Gasteiger partial charge is 0.267 e. The maximum absolute atomic E-state index is 13.4. The number of nitrogens with one attached hydrogen (secondary N) is 1. The number of ether oxygens (including phenoxy) is 1. The van der Waals surface area contributed by atoms with Crippen molar-refractivity contribution in [2.45, 2.75) is 6.92 Å². The van der Waals surface area contributed by atoms with Crippen molar-refractivity contribution in [1.29, 1.82) is 0 Å². The Labute approximate surface area is 195 Å². The Morgan fingerprint density at radius 1 is 1.06 bits per heavy atom. The first kappa shape index (κ1) is 22.2. The number of para-hydroxylation sites is 2. The Kier molecular flexibility index (Phi) is 6.40. The first-order valence-electron chi connectivity index (χ1n) is 9.96. The minimum Gasteiger partial charge on any atom is -0.383 e. The van der Waals surface area contributed by atoms with E-state index in [2.05, 4.69) is 5.32 Å². The van der Waals surface area contributed by atoms with Crippen molar-refractivity contribution in [1.82, 2.24) is 4.90 Å². The maximum Gasteiger partial charge on any atom is 0.267 e. The second-order valence-electron chi connectivity index (χ2n) is 7.29. The number of methoxy groups -OCH3 is 1. The van der Waals surface area contributed by atoms with Crippen LogP contribution in [-0.4, -0.2) is 53.7 Å². The SMILES string of the molecule is COCCN1C(=O)C(=C2C(=O)N(CC(=O)Nc3ccccc3C)c3ccccc32)SC1=S. The topological polar surface area (TPSA) is 79.0 Å². The summed E-state index contributed by atoms with van der Waals surface area (Å²) in [5.41, 5.74) is 3.11. The molecule has 2 aliphatic rings. The van der Waals surface area contributed by atoms with E-state index in [1.807, 2.05) is 31.2 Å². The van der Waals surface area contributed by atoms with Gasteiger partial charge in [0.1, 0.15) is 10.9 Å². The molecule has 1 N–H and O–H groups in total. The van der Waals surface area contributed by atoms with Crippen LogP contribution < -0.4 is 10.2 Å². The Hall–Kier alpha value is -3.01. The number of carbonyl (C=O) groups excluding carboxylic acids is 3. The molecule has 2 heterocycles. The molecule has 4 rings (SSSR count). The molecule has 7 nitrogen and oxygen atoms in total. The third-order valence-electron chi connectivity index (χ3n) is 5.24. The van der Waals surface area contributed by atoms with Gasteiger partial charge in [0.25, 0.3) is 11.8 Å². The van der Waals surface area contributed by atoms with Gasteiger partial charge in [0, 0.05) is 18.4 Å². The molecular formula is C23H21N3O4S2. The molecule has 1 fully saturated rings. The third kappa shape index (κ3) is 4.06. The lowest BCUT2D eigenvalue weighted by molar-refractivity contribution is -0.122. The van der Waals surface area contributed by atoms with Crippen LogP contribution in [0.5, 0.6) is 0 Å². The molecule has 0 atom stereocenters. The summed E-state index contributed by atoms with van der Waals surface area (Å²) in [7, 11) is 1.55. The summed E-state index contributed by atoms with van der Waals surface area (Å²) in [6.45, 7) is 2.38. The zero-order valence-electron chi connectivity index (χ0n) is 17.6. The molecular weight excluding hydrogens is 446 g/mol. The Morgan fingerprint density at radius 2 is 1.78 bits per heavy atom. The lowest BCUT2D eigenvalue weighted by Crippen LogP contribution is -2.36. The number of fused-ring (bicyclic) bond motifs is 1. The Morgan fingerprint density at radius 3 is 2.53 bits per heavy atom. The predicted molar refractivity (Wildman–Crippen MR) is 129 cm³/mol. The first-order valence-corrected chi connectivity index (χ1v) is 11.2. The van der Waals surface area contributed by atoms with Gasteiger partial charge in [0.05, 0.1) is 29.3 Å². The standard InChI is InChI=1S/C23H21N3O4S2/c1-14-7-3-5-9-16(14)24-18(27)13-26-17-10-6-4-8-15(17)19(21(26)28)20-22(29)25(11-12-30-2)23(31)32-20/h3-10H,11-13H2,1-2H3,(H,24,27). The fourth-order valence-electron chi connectivity index (χ4n) is 3.63. The van der Waals surface area contributed by atoms with E-state index in [4.69, 9.17) is 17.0 Å². The summed E-state index contributed by atoms with van der Waals surface area (Å²) in [6.07, 6.45) is 0. The van der Waals surface area contributed by atoms with Crippen molar-refractivity contribution in [2.24, 2.45) is 0 Å². The van der Waals surface area contributed by atoms with Gasteiger partial charge in [-0.05, 0) is 24.6 Å². The number of rotatable bonds is 6. The Balaban J connectivity index is 1.64. The van der Waals surface area contributed by atoms with E-state index in [1.165, 1.54) is 9.80 Å². The second-order valence-corrected chi connectivity index (χ2v) is 8.94. The number of nitrogens with zero attached hydrogens (tertiary/aromatic N) is 2. The molecule has 1 saturated heterocycles. The zero-order chi connectivity index (χ0) is 22.8. The van der Waals surface area contributed by atoms with Crippen molar-refractivity contribution >= 4 is 63.0 Å². The summed E-state index contributed by atoms with van der Waals surface area (Å²) in [4.78, 5) is 42.3. The van der Waals surface area contributed by atoms with E-state index < -0.39 is 5.91 Å². The van der Waals surface area contributed by atoms with Crippen LogP contribution in [0, 0.1) is 6.92 Å². The number of hydrogen-bond acceptors (Lipinski definition) is 6. The van der Waals surface area contributed by atoms with Crippen LogP contribution in [-0.2, 0) is 19.1 Å². The number of hydrogen-bond donors (Lipinski definition) is 1. The number of aryl methyl sites for hydroxylation is 1. The van der Waals surface area contributed by atoms with Gasteiger partial charge in [-0.3, -0.25) is 24.2 Å². The molecule has 32 heavy (non-hydrogen) atoms. The van der Waals surface area contributed by atoms with Gasteiger partial charge in [-0.25, -0.2) is 0 Å². The number of carbonyl (C=O) groups is 3. The number of thiocarbonyl (C=S) groups is 1. The van der Waals surface area contributed by atoms with Crippen molar-refractivity contribution in [3.63, 3.8) is 0 Å². The minimum absolute atomic E-state index is 0.169. The molecule has 9 heteroatoms. The van der Waals surface area contributed by atoms with Gasteiger partial charge in [-0.15, -0.1) is 0 Å². The molecule has 3 amide bonds. The van der Waals surface area contributed by atoms with Gasteiger partial charge in [-0.2, -0.15) is 0 Å². The lowest BCUT2D eigenvalue weighted by Gasteiger charge is -2.17. The molecule has 0 spiro atoms. The number of thioether (sulfide) groups is 1. The van der Waals surface area contributed by atoms with Crippen molar-refractivity contribution < 1.29 is 19.1 Å². The monoisotopic (exact) mass is 467 g/mol. The summed E-state index contributed by atoms with van der Waals surface area (Å²) < 4.78 is 5.44. The summed E-state index contributed by atoms with van der Waals surface area (Å²) in [5.74, 6) is -1.03. The molecule has 0 bridgehead atoms. The van der Waals surface area contributed by atoms with Gasteiger partial charge in [-0.1, -0.05) is 60.4 Å². The normalized spacial score (nSPS) is 17.9. The molecule has 2 aliphatic heterocycles. The van der Waals surface area contributed by atoms with E-state index in [-0.39, 0.29) is 28.8 Å². The highest BCUT2D eigenvalue weighted by Crippen LogP contribution is 2.44. The van der Waals surface area contributed by atoms with Crippen LogP contribution in [0.25, 0.3) is 5.57 Å². The second kappa shape index (κ2) is 9.23. The molecule has 2 aromatic carbocycles. The van der Waals surface area contributed by atoms with Gasteiger partial charge >= 0.3 is 0 Å². The van der Waals surface area contributed by atoms with E-state index in [0.29, 0.717) is 34.4 Å². The average Bonchev–Trinajstić information content (AvgIpc) is 3.20. The van der Waals surface area contributed by atoms with Crippen LogP contribution >= 0.6 is 24.0 Å². The maximum atomic E-state index is 13.4. The molecule has 164 valence electrons. The van der Waals surface area contributed by atoms with Crippen LogP contribution in [0.15, 0.2) is 53.4 Å². The molecule has 0 unspecified atom stereocenters.